The Balaban J connectivity index is 3.09. The van der Waals surface area contributed by atoms with Gasteiger partial charge < -0.3 is 4.74 Å². The third-order valence-electron chi connectivity index (χ3n) is 1.78. The van der Waals surface area contributed by atoms with Crippen molar-refractivity contribution < 1.29 is 4.74 Å². The van der Waals surface area contributed by atoms with Gasteiger partial charge >= 0.3 is 0 Å². The molecule has 0 saturated heterocycles. The fraction of sp³-hybridized carbons (Fsp3) is 0.182. The second-order valence-corrected chi connectivity index (χ2v) is 2.63. The standard InChI is InChI=1S/C11H11NO/c1-3-4-10-6-5-9(8-12)7-11(10)13-2/h3,5-7H,1,4H2,2H3. The number of ether oxygens (including phenoxy) is 1. The Labute approximate surface area is 78.1 Å². The number of methoxy groups -OCH3 is 1. The quantitative estimate of drug-likeness (QED) is 0.657. The van der Waals surface area contributed by atoms with Crippen molar-refractivity contribution in [1.29, 1.82) is 5.26 Å². The molecule has 66 valence electrons. The summed E-state index contributed by atoms with van der Waals surface area (Å²) >= 11 is 0. The first-order valence-corrected chi connectivity index (χ1v) is 3.99. The van der Waals surface area contributed by atoms with Gasteiger partial charge in [-0.25, -0.2) is 0 Å². The van der Waals surface area contributed by atoms with E-state index >= 15 is 0 Å². The molecule has 0 spiro atoms. The summed E-state index contributed by atoms with van der Waals surface area (Å²) in [5.74, 6) is 0.749. The predicted molar refractivity (Wildman–Crippen MR) is 51.6 cm³/mol. The highest BCUT2D eigenvalue weighted by Gasteiger charge is 2.01. The topological polar surface area (TPSA) is 33.0 Å². The Morgan fingerprint density at radius 3 is 2.92 bits per heavy atom. The average Bonchev–Trinajstić information content (AvgIpc) is 2.19. The minimum Gasteiger partial charge on any atom is -0.496 e. The van der Waals surface area contributed by atoms with Crippen LogP contribution in [0.1, 0.15) is 11.1 Å². The molecule has 1 aromatic rings. The zero-order valence-electron chi connectivity index (χ0n) is 7.58. The van der Waals surface area contributed by atoms with Crippen LogP contribution in [-0.2, 0) is 6.42 Å². The highest BCUT2D eigenvalue weighted by Crippen LogP contribution is 2.20. The van der Waals surface area contributed by atoms with E-state index in [2.05, 4.69) is 12.6 Å². The molecule has 0 radical (unpaired) electrons. The van der Waals surface area contributed by atoms with Gasteiger partial charge in [0, 0.05) is 0 Å². The van der Waals surface area contributed by atoms with Crippen molar-refractivity contribution in [2.24, 2.45) is 0 Å². The van der Waals surface area contributed by atoms with Crippen LogP contribution >= 0.6 is 0 Å². The second kappa shape index (κ2) is 4.32. The number of nitriles is 1. The van der Waals surface area contributed by atoms with Gasteiger partial charge in [0.25, 0.3) is 0 Å². The van der Waals surface area contributed by atoms with E-state index in [0.29, 0.717) is 5.56 Å². The number of rotatable bonds is 3. The summed E-state index contributed by atoms with van der Waals surface area (Å²) in [6, 6.07) is 7.47. The summed E-state index contributed by atoms with van der Waals surface area (Å²) in [6.07, 6.45) is 2.57. The molecule has 0 aliphatic heterocycles. The molecule has 0 N–H and O–H groups in total. The largest absolute Gasteiger partial charge is 0.496 e. The lowest BCUT2D eigenvalue weighted by Gasteiger charge is -2.05. The first kappa shape index (κ1) is 9.34. The highest BCUT2D eigenvalue weighted by molar-refractivity contribution is 5.43. The molecule has 0 bridgehead atoms. The fourth-order valence-corrected chi connectivity index (χ4v) is 1.14. The van der Waals surface area contributed by atoms with Crippen molar-refractivity contribution in [1.82, 2.24) is 0 Å². The Kier molecular flexibility index (Phi) is 3.10. The predicted octanol–water partition coefficient (Wildman–Crippen LogP) is 2.30. The van der Waals surface area contributed by atoms with Crippen molar-refractivity contribution in [3.63, 3.8) is 0 Å². The van der Waals surface area contributed by atoms with E-state index in [1.54, 1.807) is 19.2 Å². The molecule has 0 aliphatic carbocycles. The van der Waals surface area contributed by atoms with E-state index in [4.69, 9.17) is 10.00 Å². The Morgan fingerprint density at radius 2 is 2.38 bits per heavy atom. The summed E-state index contributed by atoms with van der Waals surface area (Å²) in [5, 5.41) is 8.65. The second-order valence-electron chi connectivity index (χ2n) is 2.63. The van der Waals surface area contributed by atoms with Gasteiger partial charge in [-0.05, 0) is 24.1 Å². The van der Waals surface area contributed by atoms with E-state index in [1.165, 1.54) is 0 Å². The third-order valence-corrected chi connectivity index (χ3v) is 1.78. The van der Waals surface area contributed by atoms with Gasteiger partial charge in [-0.2, -0.15) is 5.26 Å². The summed E-state index contributed by atoms with van der Waals surface area (Å²) in [7, 11) is 1.60. The van der Waals surface area contributed by atoms with Crippen molar-refractivity contribution in [3.05, 3.63) is 42.0 Å². The van der Waals surface area contributed by atoms with Crippen molar-refractivity contribution in [3.8, 4) is 11.8 Å². The first-order valence-electron chi connectivity index (χ1n) is 3.99. The molecule has 2 heteroatoms. The molecule has 0 atom stereocenters. The van der Waals surface area contributed by atoms with Crippen LogP contribution in [0.2, 0.25) is 0 Å². The van der Waals surface area contributed by atoms with Gasteiger partial charge in [0.05, 0.1) is 18.7 Å². The lowest BCUT2D eigenvalue weighted by molar-refractivity contribution is 0.410. The van der Waals surface area contributed by atoms with Gasteiger partial charge in [-0.15, -0.1) is 6.58 Å². The molecule has 0 fully saturated rings. The number of benzene rings is 1. The minimum absolute atomic E-state index is 0.615. The highest BCUT2D eigenvalue weighted by atomic mass is 16.5. The zero-order valence-corrected chi connectivity index (χ0v) is 7.58. The summed E-state index contributed by atoms with van der Waals surface area (Å²) < 4.78 is 5.14. The maximum atomic E-state index is 8.65. The van der Waals surface area contributed by atoms with Gasteiger partial charge in [-0.1, -0.05) is 12.1 Å². The molecule has 0 amide bonds. The van der Waals surface area contributed by atoms with Gasteiger partial charge in [-0.3, -0.25) is 0 Å². The van der Waals surface area contributed by atoms with Crippen LogP contribution in [0.5, 0.6) is 5.75 Å². The van der Waals surface area contributed by atoms with Gasteiger partial charge in [0.1, 0.15) is 5.75 Å². The van der Waals surface area contributed by atoms with Crippen LogP contribution in [-0.4, -0.2) is 7.11 Å². The van der Waals surface area contributed by atoms with E-state index in [1.807, 2.05) is 12.1 Å². The smallest absolute Gasteiger partial charge is 0.123 e. The molecule has 2 nitrogen and oxygen atoms in total. The first-order chi connectivity index (χ1) is 6.31. The molecule has 13 heavy (non-hydrogen) atoms. The fourth-order valence-electron chi connectivity index (χ4n) is 1.14. The Bertz CT molecular complexity index is 350. The summed E-state index contributed by atoms with van der Waals surface area (Å²) in [6.45, 7) is 3.65. The molecule has 0 unspecified atom stereocenters. The van der Waals surface area contributed by atoms with Crippen LogP contribution in [0.15, 0.2) is 30.9 Å². The molecule has 1 aromatic carbocycles. The number of hydrogen-bond donors (Lipinski definition) is 0. The van der Waals surface area contributed by atoms with E-state index < -0.39 is 0 Å². The normalized spacial score (nSPS) is 8.92. The van der Waals surface area contributed by atoms with Crippen LogP contribution in [0, 0.1) is 11.3 Å². The van der Waals surface area contributed by atoms with Gasteiger partial charge in [0.15, 0.2) is 0 Å². The average molecular weight is 173 g/mol. The van der Waals surface area contributed by atoms with E-state index in [0.717, 1.165) is 17.7 Å². The third kappa shape index (κ3) is 2.09. The lowest BCUT2D eigenvalue weighted by Crippen LogP contribution is -1.91. The van der Waals surface area contributed by atoms with E-state index in [-0.39, 0.29) is 0 Å². The summed E-state index contributed by atoms with van der Waals surface area (Å²) in [5.41, 5.74) is 1.67. The summed E-state index contributed by atoms with van der Waals surface area (Å²) in [4.78, 5) is 0. The van der Waals surface area contributed by atoms with Crippen LogP contribution < -0.4 is 4.74 Å². The molecule has 0 aromatic heterocycles. The van der Waals surface area contributed by atoms with Gasteiger partial charge in [0.2, 0.25) is 0 Å². The molecule has 1 rings (SSSR count). The minimum atomic E-state index is 0.615. The molecule has 0 heterocycles. The Hall–Kier alpha value is -1.75. The zero-order chi connectivity index (χ0) is 9.68. The monoisotopic (exact) mass is 173 g/mol. The van der Waals surface area contributed by atoms with E-state index in [9.17, 15) is 0 Å². The van der Waals surface area contributed by atoms with Crippen molar-refractivity contribution in [2.45, 2.75) is 6.42 Å². The molecular weight excluding hydrogens is 162 g/mol. The molecule has 0 aliphatic rings. The maximum absolute atomic E-state index is 8.65. The molecule has 0 saturated carbocycles. The molecular formula is C11H11NO. The van der Waals surface area contributed by atoms with Crippen LogP contribution in [0.4, 0.5) is 0 Å². The SMILES string of the molecule is C=CCc1ccc(C#N)cc1OC. The van der Waals surface area contributed by atoms with Crippen molar-refractivity contribution >= 4 is 0 Å². The number of hydrogen-bond acceptors (Lipinski definition) is 2. The number of nitrogens with zero attached hydrogens (tertiary/aromatic N) is 1. The number of allylic oxidation sites excluding steroid dienone is 1. The Morgan fingerprint density at radius 1 is 1.62 bits per heavy atom. The lowest BCUT2D eigenvalue weighted by atomic mass is 10.1. The van der Waals surface area contributed by atoms with Crippen molar-refractivity contribution in [2.75, 3.05) is 7.11 Å². The van der Waals surface area contributed by atoms with Crippen LogP contribution in [0.25, 0.3) is 0 Å². The van der Waals surface area contributed by atoms with Crippen LogP contribution in [0.3, 0.4) is 0 Å². The maximum Gasteiger partial charge on any atom is 0.123 e.